The second-order valence-electron chi connectivity index (χ2n) is 1.14. The molecule has 8 heavy (non-hydrogen) atoms. The minimum Gasteiger partial charge on any atom is -0.226 e. The maximum Gasteiger partial charge on any atom is 0.189 e. The van der Waals surface area contributed by atoms with E-state index in [1.54, 1.807) is 0 Å². The molecule has 0 saturated carbocycles. The molecule has 0 atom stereocenters. The largest absolute Gasteiger partial charge is 0.226 e. The zero-order valence-corrected chi connectivity index (χ0v) is 4.68. The first kappa shape index (κ1) is 5.46. The molecular weight excluding hydrogens is 130 g/mol. The van der Waals surface area contributed by atoms with Gasteiger partial charge in [-0.1, -0.05) is 5.21 Å². The van der Waals surface area contributed by atoms with Gasteiger partial charge in [-0.05, 0) is 11.8 Å². The number of hydrogen-bond donors (Lipinski definition) is 2. The van der Waals surface area contributed by atoms with Crippen molar-refractivity contribution in [1.82, 2.24) is 25.5 Å². The van der Waals surface area contributed by atoms with Gasteiger partial charge in [-0.15, -0.1) is 10.2 Å². The second-order valence-corrected chi connectivity index (χ2v) is 1.41. The maximum absolute atomic E-state index is 5.12. The highest BCUT2D eigenvalue weighted by atomic mass is 35.5. The molecule has 1 aromatic rings. The number of tetrazole rings is 1. The van der Waals surface area contributed by atoms with Crippen LogP contribution in [0.4, 0.5) is 0 Å². The van der Waals surface area contributed by atoms with E-state index in [0.717, 1.165) is 0 Å². The molecule has 5 nitrogen and oxygen atoms in total. The Morgan fingerprint density at radius 1 is 1.75 bits per heavy atom. The van der Waals surface area contributed by atoms with E-state index in [1.807, 2.05) is 0 Å². The molecule has 6 heteroatoms. The molecule has 2 N–H and O–H groups in total. The van der Waals surface area contributed by atoms with Crippen LogP contribution in [0.15, 0.2) is 0 Å². The topological polar surface area (TPSA) is 66.5 Å². The van der Waals surface area contributed by atoms with Gasteiger partial charge >= 0.3 is 0 Å². The molecule has 0 aromatic carbocycles. The van der Waals surface area contributed by atoms with Crippen molar-refractivity contribution >= 4 is 11.8 Å². The number of hydrogen-bond acceptors (Lipinski definition) is 4. The Morgan fingerprint density at radius 2 is 2.62 bits per heavy atom. The zero-order chi connectivity index (χ0) is 5.82. The van der Waals surface area contributed by atoms with E-state index < -0.39 is 0 Å². The second kappa shape index (κ2) is 2.58. The lowest BCUT2D eigenvalue weighted by molar-refractivity contribution is 0.859. The molecule has 0 aliphatic rings. The number of rotatable bonds is 2. The summed E-state index contributed by atoms with van der Waals surface area (Å²) in [4.78, 5) is 2.36. The molecule has 0 saturated heterocycles. The third-order valence-corrected chi connectivity index (χ3v) is 0.748. The third-order valence-electron chi connectivity index (χ3n) is 0.614. The first-order valence-corrected chi connectivity index (χ1v) is 2.37. The number of aromatic amines is 1. The Balaban J connectivity index is 2.50. The van der Waals surface area contributed by atoms with Crippen LogP contribution in [0, 0.1) is 0 Å². The normalized spacial score (nSPS) is 9.62. The molecule has 0 aliphatic heterocycles. The molecule has 0 amide bonds. The van der Waals surface area contributed by atoms with Crippen molar-refractivity contribution in [1.29, 1.82) is 0 Å². The summed E-state index contributed by atoms with van der Waals surface area (Å²) in [5.74, 6) is 0.556. The van der Waals surface area contributed by atoms with E-state index in [1.165, 1.54) is 0 Å². The van der Waals surface area contributed by atoms with Crippen molar-refractivity contribution < 1.29 is 0 Å². The third kappa shape index (κ3) is 1.14. The van der Waals surface area contributed by atoms with E-state index >= 15 is 0 Å². The fraction of sp³-hybridized carbons (Fsp3) is 0.500. The summed E-state index contributed by atoms with van der Waals surface area (Å²) in [5, 5.41) is 12.8. The van der Waals surface area contributed by atoms with Gasteiger partial charge in [0.05, 0.1) is 6.54 Å². The van der Waals surface area contributed by atoms with Crippen LogP contribution in [0.25, 0.3) is 0 Å². The van der Waals surface area contributed by atoms with Crippen molar-refractivity contribution in [3.8, 4) is 0 Å². The van der Waals surface area contributed by atoms with E-state index in [-0.39, 0.29) is 0 Å². The summed E-state index contributed by atoms with van der Waals surface area (Å²) in [6.07, 6.45) is 0. The molecule has 1 rings (SSSR count). The molecule has 0 fully saturated rings. The Morgan fingerprint density at radius 3 is 3.12 bits per heavy atom. The minimum atomic E-state index is 0.429. The van der Waals surface area contributed by atoms with Gasteiger partial charge in [-0.2, -0.15) is 5.21 Å². The molecule has 1 aromatic heterocycles. The Labute approximate surface area is 50.5 Å². The Hall–Kier alpha value is -0.680. The summed E-state index contributed by atoms with van der Waals surface area (Å²) in [6.45, 7) is 0.429. The van der Waals surface area contributed by atoms with Crippen molar-refractivity contribution in [3.63, 3.8) is 0 Å². The van der Waals surface area contributed by atoms with E-state index in [9.17, 15) is 0 Å². The molecule has 0 unspecified atom stereocenters. The lowest BCUT2D eigenvalue weighted by Crippen LogP contribution is -1.99. The Kier molecular flexibility index (Phi) is 1.76. The summed E-state index contributed by atoms with van der Waals surface area (Å²) in [6, 6.07) is 0. The van der Waals surface area contributed by atoms with Crippen LogP contribution >= 0.6 is 11.8 Å². The molecule has 1 heterocycles. The summed E-state index contributed by atoms with van der Waals surface area (Å²) < 4.78 is 0. The predicted octanol–water partition coefficient (Wildman–Crippen LogP) is -0.557. The van der Waals surface area contributed by atoms with Crippen LogP contribution in [-0.2, 0) is 6.54 Å². The smallest absolute Gasteiger partial charge is 0.189 e. The van der Waals surface area contributed by atoms with Crippen LogP contribution in [0.1, 0.15) is 5.82 Å². The summed E-state index contributed by atoms with van der Waals surface area (Å²) in [5.41, 5.74) is 0. The number of nitrogens with one attached hydrogen (secondary N) is 2. The van der Waals surface area contributed by atoms with Crippen LogP contribution in [-0.4, -0.2) is 20.6 Å². The van der Waals surface area contributed by atoms with Gasteiger partial charge in [-0.3, -0.25) is 0 Å². The van der Waals surface area contributed by atoms with Crippen molar-refractivity contribution in [2.45, 2.75) is 6.54 Å². The highest BCUT2D eigenvalue weighted by molar-refractivity contribution is 6.13. The molecule has 0 aliphatic carbocycles. The molecule has 0 bridgehead atoms. The fourth-order valence-corrected chi connectivity index (χ4v) is 0.437. The fourth-order valence-electron chi connectivity index (χ4n) is 0.317. The number of aromatic nitrogens is 4. The SMILES string of the molecule is ClNCc1nn[nH]n1. The quantitative estimate of drug-likeness (QED) is 0.531. The lowest BCUT2D eigenvalue weighted by Gasteiger charge is -1.82. The van der Waals surface area contributed by atoms with Gasteiger partial charge in [0.25, 0.3) is 0 Å². The first-order chi connectivity index (χ1) is 3.93. The van der Waals surface area contributed by atoms with Crippen molar-refractivity contribution in [2.24, 2.45) is 0 Å². The van der Waals surface area contributed by atoms with Gasteiger partial charge in [0, 0.05) is 0 Å². The van der Waals surface area contributed by atoms with Crippen molar-refractivity contribution in [3.05, 3.63) is 5.82 Å². The van der Waals surface area contributed by atoms with Gasteiger partial charge in [-0.25, -0.2) is 4.84 Å². The molecule has 0 spiro atoms. The number of nitrogens with zero attached hydrogens (tertiary/aromatic N) is 3. The monoisotopic (exact) mass is 133 g/mol. The highest BCUT2D eigenvalue weighted by Crippen LogP contribution is 1.80. The lowest BCUT2D eigenvalue weighted by atomic mass is 10.7. The van der Waals surface area contributed by atoms with E-state index in [0.29, 0.717) is 12.4 Å². The average Bonchev–Trinajstić information content (AvgIpc) is 2.19. The van der Waals surface area contributed by atoms with Crippen LogP contribution in [0.2, 0.25) is 0 Å². The van der Waals surface area contributed by atoms with Crippen LogP contribution < -0.4 is 4.84 Å². The zero-order valence-electron chi connectivity index (χ0n) is 3.93. The molecule has 0 radical (unpaired) electrons. The van der Waals surface area contributed by atoms with E-state index in [2.05, 4.69) is 25.5 Å². The summed E-state index contributed by atoms with van der Waals surface area (Å²) in [7, 11) is 0. The average molecular weight is 134 g/mol. The first-order valence-electron chi connectivity index (χ1n) is 1.99. The number of H-pyrrole nitrogens is 1. The van der Waals surface area contributed by atoms with Gasteiger partial charge < -0.3 is 0 Å². The van der Waals surface area contributed by atoms with Crippen LogP contribution in [0.3, 0.4) is 0 Å². The minimum absolute atomic E-state index is 0.429. The highest BCUT2D eigenvalue weighted by Gasteiger charge is 1.91. The van der Waals surface area contributed by atoms with Gasteiger partial charge in [0.2, 0.25) is 0 Å². The van der Waals surface area contributed by atoms with Crippen molar-refractivity contribution in [2.75, 3.05) is 0 Å². The number of halogens is 1. The predicted molar refractivity (Wildman–Crippen MR) is 26.9 cm³/mol. The summed E-state index contributed by atoms with van der Waals surface area (Å²) >= 11 is 5.12. The molecular formula is C2H4ClN5. The molecule has 44 valence electrons. The maximum atomic E-state index is 5.12. The Bertz CT molecular complexity index is 136. The van der Waals surface area contributed by atoms with Gasteiger partial charge in [0.15, 0.2) is 5.82 Å². The van der Waals surface area contributed by atoms with E-state index in [4.69, 9.17) is 11.8 Å². The van der Waals surface area contributed by atoms with Gasteiger partial charge in [0.1, 0.15) is 0 Å². The standard InChI is InChI=1S/C2H4ClN5/c3-4-1-2-5-7-8-6-2/h4H,1H2,(H,5,6,7,8). The van der Waals surface area contributed by atoms with Crippen LogP contribution in [0.5, 0.6) is 0 Å².